The first-order chi connectivity index (χ1) is 10.1. The highest BCUT2D eigenvalue weighted by atomic mass is 16.5. The van der Waals surface area contributed by atoms with Crippen molar-refractivity contribution < 1.29 is 9.53 Å². The van der Waals surface area contributed by atoms with E-state index in [0.29, 0.717) is 6.61 Å². The van der Waals surface area contributed by atoms with Gasteiger partial charge in [0.2, 0.25) is 0 Å². The Morgan fingerprint density at radius 2 is 1.68 bits per heavy atom. The van der Waals surface area contributed by atoms with Gasteiger partial charge in [0.05, 0.1) is 0 Å². The van der Waals surface area contributed by atoms with E-state index in [9.17, 15) is 4.79 Å². The van der Waals surface area contributed by atoms with Gasteiger partial charge in [0.1, 0.15) is 6.61 Å². The molecule has 0 saturated carbocycles. The normalized spacial score (nSPS) is 10.3. The lowest BCUT2D eigenvalue weighted by molar-refractivity contribution is -0.138. The summed E-state index contributed by atoms with van der Waals surface area (Å²) in [7, 11) is 0. The van der Waals surface area contributed by atoms with E-state index >= 15 is 0 Å². The van der Waals surface area contributed by atoms with Crippen molar-refractivity contribution in [1.82, 2.24) is 6.15 Å². The third-order valence-corrected chi connectivity index (χ3v) is 3.75. The third kappa shape index (κ3) is 4.57. The number of carbonyl (C=O) groups is 1. The lowest BCUT2D eigenvalue weighted by Crippen LogP contribution is -2.03. The van der Waals surface area contributed by atoms with Gasteiger partial charge in [0, 0.05) is 6.08 Å². The lowest BCUT2D eigenvalue weighted by Gasteiger charge is -2.11. The Labute approximate surface area is 132 Å². The van der Waals surface area contributed by atoms with Crippen LogP contribution in [0.1, 0.15) is 27.8 Å². The Balaban J connectivity index is 0.00000242. The molecule has 22 heavy (non-hydrogen) atoms. The number of aryl methyl sites for hydroxylation is 1. The Morgan fingerprint density at radius 1 is 1.00 bits per heavy atom. The highest BCUT2D eigenvalue weighted by Gasteiger charge is 2.05. The monoisotopic (exact) mass is 297 g/mol. The second-order valence-corrected chi connectivity index (χ2v) is 5.14. The molecule has 2 aromatic carbocycles. The molecule has 0 atom stereocenters. The van der Waals surface area contributed by atoms with Gasteiger partial charge in [-0.15, -0.1) is 0 Å². The lowest BCUT2D eigenvalue weighted by atomic mass is 9.99. The van der Waals surface area contributed by atoms with Gasteiger partial charge in [-0.05, 0) is 54.7 Å². The standard InChI is InChI=1S/C19H20O2.H3N/c1-14-9-11-18(16(3)15(14)2)13-21-19(20)12-10-17-7-5-4-6-8-17;/h4-12H,13H2,1-3H3;1H3/b12-10+;. The quantitative estimate of drug-likeness (QED) is 0.666. The van der Waals surface area contributed by atoms with Gasteiger partial charge in [-0.25, -0.2) is 4.79 Å². The minimum Gasteiger partial charge on any atom is -0.458 e. The molecule has 2 rings (SSSR count). The smallest absolute Gasteiger partial charge is 0.331 e. The molecular formula is C19H23NO2. The molecule has 0 amide bonds. The minimum absolute atomic E-state index is 0. The maximum atomic E-state index is 11.7. The SMILES string of the molecule is Cc1ccc(COC(=O)/C=C/c2ccccc2)c(C)c1C.N. The van der Waals surface area contributed by atoms with Crippen molar-refractivity contribution in [2.45, 2.75) is 27.4 Å². The summed E-state index contributed by atoms with van der Waals surface area (Å²) in [6, 6.07) is 13.8. The second kappa shape index (κ2) is 8.15. The molecule has 0 bridgehead atoms. The fourth-order valence-corrected chi connectivity index (χ4v) is 2.09. The summed E-state index contributed by atoms with van der Waals surface area (Å²) in [5.41, 5.74) is 5.74. The minimum atomic E-state index is -0.323. The molecule has 0 aromatic heterocycles. The van der Waals surface area contributed by atoms with Gasteiger partial charge in [0.15, 0.2) is 0 Å². The molecule has 0 aliphatic rings. The van der Waals surface area contributed by atoms with Crippen LogP contribution in [0.15, 0.2) is 48.5 Å². The van der Waals surface area contributed by atoms with Crippen molar-refractivity contribution in [1.29, 1.82) is 0 Å². The van der Waals surface area contributed by atoms with Crippen molar-refractivity contribution in [3.8, 4) is 0 Å². The molecule has 3 nitrogen and oxygen atoms in total. The van der Waals surface area contributed by atoms with Crippen LogP contribution in [0.3, 0.4) is 0 Å². The van der Waals surface area contributed by atoms with Crippen LogP contribution in [-0.4, -0.2) is 5.97 Å². The summed E-state index contributed by atoms with van der Waals surface area (Å²) in [4.78, 5) is 11.7. The molecule has 0 aliphatic heterocycles. The molecule has 0 unspecified atom stereocenters. The van der Waals surface area contributed by atoms with Crippen LogP contribution in [0, 0.1) is 20.8 Å². The zero-order valence-corrected chi connectivity index (χ0v) is 13.4. The Hall–Kier alpha value is -2.39. The van der Waals surface area contributed by atoms with E-state index in [-0.39, 0.29) is 12.1 Å². The fraction of sp³-hybridized carbons (Fsp3) is 0.211. The first-order valence-electron chi connectivity index (χ1n) is 7.03. The molecule has 0 fully saturated rings. The first-order valence-corrected chi connectivity index (χ1v) is 7.03. The van der Waals surface area contributed by atoms with E-state index in [2.05, 4.69) is 26.8 Å². The molecular weight excluding hydrogens is 274 g/mol. The number of esters is 1. The van der Waals surface area contributed by atoms with E-state index in [1.807, 2.05) is 36.4 Å². The van der Waals surface area contributed by atoms with Crippen LogP contribution in [0.4, 0.5) is 0 Å². The van der Waals surface area contributed by atoms with Gasteiger partial charge >= 0.3 is 5.97 Å². The molecule has 0 saturated heterocycles. The zero-order valence-electron chi connectivity index (χ0n) is 13.4. The molecule has 0 radical (unpaired) electrons. The topological polar surface area (TPSA) is 61.3 Å². The van der Waals surface area contributed by atoms with Crippen molar-refractivity contribution in [3.05, 3.63) is 76.4 Å². The summed E-state index contributed by atoms with van der Waals surface area (Å²) < 4.78 is 5.30. The maximum absolute atomic E-state index is 11.7. The van der Waals surface area contributed by atoms with Crippen LogP contribution in [0.25, 0.3) is 6.08 Å². The number of benzene rings is 2. The Morgan fingerprint density at radius 3 is 2.36 bits per heavy atom. The maximum Gasteiger partial charge on any atom is 0.331 e. The highest BCUT2D eigenvalue weighted by Crippen LogP contribution is 2.17. The molecule has 116 valence electrons. The Bertz CT molecular complexity index is 661. The molecule has 3 N–H and O–H groups in total. The summed E-state index contributed by atoms with van der Waals surface area (Å²) in [6.45, 7) is 6.54. The number of ether oxygens (including phenoxy) is 1. The van der Waals surface area contributed by atoms with Crippen molar-refractivity contribution in [2.75, 3.05) is 0 Å². The fourth-order valence-electron chi connectivity index (χ4n) is 2.09. The average Bonchev–Trinajstić information content (AvgIpc) is 2.51. The number of hydrogen-bond donors (Lipinski definition) is 1. The second-order valence-electron chi connectivity index (χ2n) is 5.14. The predicted molar refractivity (Wildman–Crippen MR) is 90.9 cm³/mol. The molecule has 2 aromatic rings. The molecule has 0 aliphatic carbocycles. The third-order valence-electron chi connectivity index (χ3n) is 3.75. The number of hydrogen-bond acceptors (Lipinski definition) is 3. The molecule has 0 heterocycles. The van der Waals surface area contributed by atoms with Crippen molar-refractivity contribution in [3.63, 3.8) is 0 Å². The summed E-state index contributed by atoms with van der Waals surface area (Å²) in [5, 5.41) is 0. The summed E-state index contributed by atoms with van der Waals surface area (Å²) >= 11 is 0. The molecule has 0 spiro atoms. The summed E-state index contributed by atoms with van der Waals surface area (Å²) in [5.74, 6) is -0.323. The first kappa shape index (κ1) is 17.7. The number of rotatable bonds is 4. The summed E-state index contributed by atoms with van der Waals surface area (Å²) in [6.07, 6.45) is 3.22. The van der Waals surface area contributed by atoms with E-state index in [1.54, 1.807) is 6.08 Å². The van der Waals surface area contributed by atoms with Gasteiger partial charge < -0.3 is 10.9 Å². The van der Waals surface area contributed by atoms with Crippen molar-refractivity contribution in [2.24, 2.45) is 0 Å². The van der Waals surface area contributed by atoms with E-state index in [0.717, 1.165) is 11.1 Å². The van der Waals surface area contributed by atoms with Crippen LogP contribution in [-0.2, 0) is 16.1 Å². The number of carbonyl (C=O) groups excluding carboxylic acids is 1. The van der Waals surface area contributed by atoms with Crippen LogP contribution >= 0.6 is 0 Å². The van der Waals surface area contributed by atoms with E-state index in [4.69, 9.17) is 4.74 Å². The van der Waals surface area contributed by atoms with Crippen LogP contribution in [0.2, 0.25) is 0 Å². The Kier molecular flexibility index (Phi) is 6.54. The van der Waals surface area contributed by atoms with E-state index < -0.39 is 0 Å². The van der Waals surface area contributed by atoms with E-state index in [1.165, 1.54) is 22.8 Å². The van der Waals surface area contributed by atoms with Gasteiger partial charge in [0.25, 0.3) is 0 Å². The average molecular weight is 297 g/mol. The van der Waals surface area contributed by atoms with Gasteiger partial charge in [-0.1, -0.05) is 42.5 Å². The predicted octanol–water partition coefficient (Wildman–Crippen LogP) is 4.53. The van der Waals surface area contributed by atoms with Crippen molar-refractivity contribution >= 4 is 12.0 Å². The highest BCUT2D eigenvalue weighted by molar-refractivity contribution is 5.87. The zero-order chi connectivity index (χ0) is 15.2. The van der Waals surface area contributed by atoms with Crippen LogP contribution in [0.5, 0.6) is 0 Å². The van der Waals surface area contributed by atoms with Gasteiger partial charge in [-0.3, -0.25) is 0 Å². The van der Waals surface area contributed by atoms with Gasteiger partial charge in [-0.2, -0.15) is 0 Å². The largest absolute Gasteiger partial charge is 0.458 e. The molecule has 3 heteroatoms. The van der Waals surface area contributed by atoms with Crippen LogP contribution < -0.4 is 6.15 Å².